The lowest BCUT2D eigenvalue weighted by molar-refractivity contribution is 0.0525. The Balaban J connectivity index is 2.14. The lowest BCUT2D eigenvalue weighted by Gasteiger charge is -2.23. The molecule has 6 nitrogen and oxygen atoms in total. The van der Waals surface area contributed by atoms with Gasteiger partial charge in [-0.2, -0.15) is 4.98 Å². The maximum absolute atomic E-state index is 12.0. The van der Waals surface area contributed by atoms with Gasteiger partial charge in [-0.3, -0.25) is 0 Å². The summed E-state index contributed by atoms with van der Waals surface area (Å²) in [6.45, 7) is 5.77. The number of aromatic nitrogens is 2. The highest BCUT2D eigenvalue weighted by atomic mass is 79.9. The van der Waals surface area contributed by atoms with Gasteiger partial charge in [-0.05, 0) is 53.9 Å². The average Bonchev–Trinajstić information content (AvgIpc) is 2.53. The molecule has 1 aromatic carbocycles. The van der Waals surface area contributed by atoms with E-state index in [4.69, 9.17) is 16.3 Å². The molecule has 1 heterocycles. The maximum Gasteiger partial charge on any atom is 0.407 e. The van der Waals surface area contributed by atoms with Crippen LogP contribution in [0, 0.1) is 0 Å². The standard InChI is InChI=1S/C17H20BrClN4O2/c1-17(2,3)25-16(24)21-10-13(11-7-5-4-6-8-11)22-14-12(18)9-20-15(19)23-14/h4-9,13H,10H2,1-3H3,(H,21,24)(H,20,22,23)/t13-/m1/s1. The van der Waals surface area contributed by atoms with Crippen molar-refractivity contribution in [2.24, 2.45) is 0 Å². The molecule has 1 aromatic heterocycles. The topological polar surface area (TPSA) is 76.1 Å². The first-order chi connectivity index (χ1) is 11.7. The van der Waals surface area contributed by atoms with Gasteiger partial charge in [-0.15, -0.1) is 0 Å². The summed E-state index contributed by atoms with van der Waals surface area (Å²) in [6, 6.07) is 9.49. The molecule has 0 spiro atoms. The van der Waals surface area contributed by atoms with Crippen molar-refractivity contribution in [2.75, 3.05) is 11.9 Å². The Labute approximate surface area is 160 Å². The van der Waals surface area contributed by atoms with Gasteiger partial charge in [0, 0.05) is 12.7 Å². The summed E-state index contributed by atoms with van der Waals surface area (Å²) in [5.41, 5.74) is 0.434. The van der Waals surface area contributed by atoms with Gasteiger partial charge in [-0.1, -0.05) is 30.3 Å². The van der Waals surface area contributed by atoms with Crippen LogP contribution < -0.4 is 10.6 Å². The SMILES string of the molecule is CC(C)(C)OC(=O)NC[C@@H](Nc1nc(Cl)ncc1Br)c1ccccc1. The molecule has 0 saturated carbocycles. The summed E-state index contributed by atoms with van der Waals surface area (Å²) in [6.07, 6.45) is 1.09. The fourth-order valence-corrected chi connectivity index (χ4v) is 2.49. The van der Waals surface area contributed by atoms with Crippen molar-refractivity contribution in [3.63, 3.8) is 0 Å². The van der Waals surface area contributed by atoms with E-state index < -0.39 is 11.7 Å². The minimum atomic E-state index is -0.553. The number of ether oxygens (including phenoxy) is 1. The van der Waals surface area contributed by atoms with Crippen molar-refractivity contribution in [2.45, 2.75) is 32.4 Å². The number of alkyl carbamates (subject to hydrolysis) is 1. The van der Waals surface area contributed by atoms with E-state index in [1.165, 1.54) is 0 Å². The van der Waals surface area contributed by atoms with Crippen LogP contribution in [0.5, 0.6) is 0 Å². The molecule has 0 aliphatic rings. The average molecular weight is 428 g/mol. The van der Waals surface area contributed by atoms with E-state index in [1.54, 1.807) is 6.20 Å². The molecule has 0 radical (unpaired) electrons. The van der Waals surface area contributed by atoms with Gasteiger partial charge in [0.2, 0.25) is 5.28 Å². The molecule has 0 fully saturated rings. The largest absolute Gasteiger partial charge is 0.444 e. The summed E-state index contributed by atoms with van der Waals surface area (Å²) in [4.78, 5) is 20.0. The third kappa shape index (κ3) is 6.51. The van der Waals surface area contributed by atoms with E-state index in [-0.39, 0.29) is 11.3 Å². The van der Waals surface area contributed by atoms with E-state index in [0.29, 0.717) is 16.8 Å². The maximum atomic E-state index is 12.0. The first-order valence-corrected chi connectivity index (χ1v) is 8.88. The van der Waals surface area contributed by atoms with Crippen molar-refractivity contribution in [3.05, 3.63) is 51.8 Å². The Morgan fingerprint density at radius 1 is 1.32 bits per heavy atom. The number of nitrogens with zero attached hydrogens (tertiary/aromatic N) is 2. The summed E-state index contributed by atoms with van der Waals surface area (Å²) in [7, 11) is 0. The molecule has 0 unspecified atom stereocenters. The monoisotopic (exact) mass is 426 g/mol. The number of halogens is 2. The molecule has 2 N–H and O–H groups in total. The molecule has 2 aromatic rings. The number of benzene rings is 1. The highest BCUT2D eigenvalue weighted by molar-refractivity contribution is 9.10. The number of anilines is 1. The van der Waals surface area contributed by atoms with Crippen molar-refractivity contribution >= 4 is 39.4 Å². The molecule has 25 heavy (non-hydrogen) atoms. The van der Waals surface area contributed by atoms with E-state index in [9.17, 15) is 4.79 Å². The molecule has 0 saturated heterocycles. The van der Waals surface area contributed by atoms with Crippen molar-refractivity contribution in [1.29, 1.82) is 0 Å². The molecule has 1 atom stereocenters. The predicted octanol–water partition coefficient (Wildman–Crippen LogP) is 4.57. The quantitative estimate of drug-likeness (QED) is 0.684. The summed E-state index contributed by atoms with van der Waals surface area (Å²) in [5, 5.41) is 6.18. The van der Waals surface area contributed by atoms with Gasteiger partial charge in [-0.25, -0.2) is 9.78 Å². The molecule has 8 heteroatoms. The second-order valence-electron chi connectivity index (χ2n) is 6.33. The van der Waals surface area contributed by atoms with Crippen LogP contribution in [0.3, 0.4) is 0 Å². The Morgan fingerprint density at radius 2 is 2.00 bits per heavy atom. The van der Waals surface area contributed by atoms with Crippen molar-refractivity contribution in [1.82, 2.24) is 15.3 Å². The van der Waals surface area contributed by atoms with Gasteiger partial charge in [0.25, 0.3) is 0 Å². The predicted molar refractivity (Wildman–Crippen MR) is 102 cm³/mol. The minimum Gasteiger partial charge on any atom is -0.444 e. The zero-order valence-corrected chi connectivity index (χ0v) is 16.6. The zero-order valence-electron chi connectivity index (χ0n) is 14.2. The molecular weight excluding hydrogens is 408 g/mol. The van der Waals surface area contributed by atoms with E-state index in [0.717, 1.165) is 5.56 Å². The molecule has 134 valence electrons. The van der Waals surface area contributed by atoms with Crippen LogP contribution in [0.25, 0.3) is 0 Å². The van der Waals surface area contributed by atoms with Gasteiger partial charge in [0.1, 0.15) is 11.4 Å². The summed E-state index contributed by atoms with van der Waals surface area (Å²) < 4.78 is 5.96. The van der Waals surface area contributed by atoms with Crippen LogP contribution in [0.1, 0.15) is 32.4 Å². The Hall–Kier alpha value is -1.86. The second-order valence-corrected chi connectivity index (χ2v) is 7.52. The molecule has 2 rings (SSSR count). The third-order valence-electron chi connectivity index (χ3n) is 3.08. The normalized spacial score (nSPS) is 12.4. The number of hydrogen-bond acceptors (Lipinski definition) is 5. The van der Waals surface area contributed by atoms with Crippen LogP contribution in [0.4, 0.5) is 10.6 Å². The number of carbonyl (C=O) groups is 1. The van der Waals surface area contributed by atoms with Crippen LogP contribution >= 0.6 is 27.5 Å². The number of hydrogen-bond donors (Lipinski definition) is 2. The van der Waals surface area contributed by atoms with Gasteiger partial charge in [0.15, 0.2) is 0 Å². The lowest BCUT2D eigenvalue weighted by atomic mass is 10.1. The lowest BCUT2D eigenvalue weighted by Crippen LogP contribution is -2.36. The Morgan fingerprint density at radius 3 is 2.64 bits per heavy atom. The number of nitrogens with one attached hydrogen (secondary N) is 2. The summed E-state index contributed by atoms with van der Waals surface area (Å²) >= 11 is 9.27. The van der Waals surface area contributed by atoms with Crippen LogP contribution in [0.15, 0.2) is 41.0 Å². The van der Waals surface area contributed by atoms with E-state index in [2.05, 4.69) is 36.5 Å². The Bertz CT molecular complexity index is 722. The molecule has 0 aliphatic heterocycles. The molecule has 0 bridgehead atoms. The third-order valence-corrected chi connectivity index (χ3v) is 3.84. The highest BCUT2D eigenvalue weighted by Crippen LogP contribution is 2.25. The van der Waals surface area contributed by atoms with Gasteiger partial charge >= 0.3 is 6.09 Å². The molecule has 1 amide bonds. The van der Waals surface area contributed by atoms with Crippen LogP contribution in [-0.4, -0.2) is 28.2 Å². The molecule has 0 aliphatic carbocycles. The smallest absolute Gasteiger partial charge is 0.407 e. The zero-order chi connectivity index (χ0) is 18.4. The van der Waals surface area contributed by atoms with Crippen LogP contribution in [-0.2, 0) is 4.74 Å². The first kappa shape index (κ1) is 19.5. The number of carbonyl (C=O) groups excluding carboxylic acids is 1. The van der Waals surface area contributed by atoms with Crippen LogP contribution in [0.2, 0.25) is 5.28 Å². The Kier molecular flexibility index (Phi) is 6.61. The molecular formula is C17H20BrClN4O2. The summed E-state index contributed by atoms with van der Waals surface area (Å²) in [5.74, 6) is 0.542. The first-order valence-electron chi connectivity index (χ1n) is 7.71. The van der Waals surface area contributed by atoms with Gasteiger partial charge < -0.3 is 15.4 Å². The highest BCUT2D eigenvalue weighted by Gasteiger charge is 2.19. The van der Waals surface area contributed by atoms with Gasteiger partial charge in [0.05, 0.1) is 10.5 Å². The number of amides is 1. The van der Waals surface area contributed by atoms with E-state index in [1.807, 2.05) is 51.1 Å². The second kappa shape index (κ2) is 8.49. The van der Waals surface area contributed by atoms with E-state index >= 15 is 0 Å². The van der Waals surface area contributed by atoms with Crippen molar-refractivity contribution < 1.29 is 9.53 Å². The fourth-order valence-electron chi connectivity index (χ4n) is 2.05. The fraction of sp³-hybridized carbons (Fsp3) is 0.353. The minimum absolute atomic E-state index is 0.137. The number of rotatable bonds is 5. The van der Waals surface area contributed by atoms with Crippen molar-refractivity contribution in [3.8, 4) is 0 Å².